The van der Waals surface area contributed by atoms with Gasteiger partial charge in [-0.15, -0.1) is 10.2 Å². The highest BCUT2D eigenvalue weighted by atomic mass is 16.5. The minimum absolute atomic E-state index is 0.231. The van der Waals surface area contributed by atoms with Gasteiger partial charge in [0.2, 0.25) is 0 Å². The quantitative estimate of drug-likeness (QED) is 0.770. The maximum Gasteiger partial charge on any atom is 0.271 e. The lowest BCUT2D eigenvalue weighted by molar-refractivity contribution is 0.0945. The molecule has 0 fully saturated rings. The highest BCUT2D eigenvalue weighted by Crippen LogP contribution is 2.26. The van der Waals surface area contributed by atoms with Gasteiger partial charge in [0.05, 0.1) is 12.3 Å². The first-order chi connectivity index (χ1) is 11.6. The molecule has 0 aliphatic rings. The van der Waals surface area contributed by atoms with Crippen LogP contribution in [0.15, 0.2) is 36.4 Å². The van der Waals surface area contributed by atoms with Crippen molar-refractivity contribution in [3.63, 3.8) is 0 Å². The second-order valence-corrected chi connectivity index (χ2v) is 5.42. The van der Waals surface area contributed by atoms with Gasteiger partial charge in [-0.25, -0.2) is 0 Å². The topological polar surface area (TPSA) is 79.4 Å². The number of rotatable bonds is 8. The SMILES string of the molecule is CCOc1ccccc1Nc1ccc(C(=O)NCCN(C)C)nn1. The minimum atomic E-state index is -0.231. The molecule has 1 amide bonds. The number of anilines is 2. The fourth-order valence-electron chi connectivity index (χ4n) is 1.99. The normalized spacial score (nSPS) is 10.5. The Morgan fingerprint density at radius 2 is 1.96 bits per heavy atom. The number of benzene rings is 1. The summed E-state index contributed by atoms with van der Waals surface area (Å²) in [6.45, 7) is 3.85. The summed E-state index contributed by atoms with van der Waals surface area (Å²) in [6.07, 6.45) is 0. The molecule has 0 radical (unpaired) electrons. The molecule has 7 nitrogen and oxygen atoms in total. The number of nitrogens with zero attached hydrogens (tertiary/aromatic N) is 3. The van der Waals surface area contributed by atoms with E-state index >= 15 is 0 Å². The summed E-state index contributed by atoms with van der Waals surface area (Å²) in [5, 5.41) is 14.0. The van der Waals surface area contributed by atoms with Crippen LogP contribution in [-0.2, 0) is 0 Å². The van der Waals surface area contributed by atoms with E-state index in [1.54, 1.807) is 12.1 Å². The lowest BCUT2D eigenvalue weighted by Gasteiger charge is -2.12. The van der Waals surface area contributed by atoms with Gasteiger partial charge in [-0.2, -0.15) is 0 Å². The predicted octanol–water partition coefficient (Wildman–Crippen LogP) is 1.91. The van der Waals surface area contributed by atoms with E-state index in [2.05, 4.69) is 20.8 Å². The summed E-state index contributed by atoms with van der Waals surface area (Å²) in [4.78, 5) is 14.0. The van der Waals surface area contributed by atoms with Gasteiger partial charge in [-0.1, -0.05) is 12.1 Å². The summed E-state index contributed by atoms with van der Waals surface area (Å²) in [7, 11) is 3.90. The van der Waals surface area contributed by atoms with Gasteiger partial charge in [0, 0.05) is 13.1 Å². The Labute approximate surface area is 142 Å². The third-order valence-corrected chi connectivity index (χ3v) is 3.19. The third kappa shape index (κ3) is 5.20. The molecule has 24 heavy (non-hydrogen) atoms. The number of carbonyl (C=O) groups is 1. The molecule has 0 atom stereocenters. The van der Waals surface area contributed by atoms with Crippen LogP contribution in [-0.4, -0.2) is 54.8 Å². The average Bonchev–Trinajstić information content (AvgIpc) is 2.57. The van der Waals surface area contributed by atoms with Crippen LogP contribution in [0.1, 0.15) is 17.4 Å². The highest BCUT2D eigenvalue weighted by molar-refractivity contribution is 5.92. The first-order valence-electron chi connectivity index (χ1n) is 7.85. The minimum Gasteiger partial charge on any atom is -0.492 e. The number of likely N-dealkylation sites (N-methyl/N-ethyl adjacent to an activating group) is 1. The molecule has 0 saturated carbocycles. The first kappa shape index (κ1) is 17.7. The van der Waals surface area contributed by atoms with Crippen LogP contribution in [0.25, 0.3) is 0 Å². The van der Waals surface area contributed by atoms with Crippen molar-refractivity contribution in [3.05, 3.63) is 42.1 Å². The van der Waals surface area contributed by atoms with E-state index in [0.29, 0.717) is 19.0 Å². The van der Waals surface area contributed by atoms with Crippen molar-refractivity contribution in [1.82, 2.24) is 20.4 Å². The van der Waals surface area contributed by atoms with Crippen LogP contribution >= 0.6 is 0 Å². The average molecular weight is 329 g/mol. The zero-order valence-corrected chi connectivity index (χ0v) is 14.2. The van der Waals surface area contributed by atoms with E-state index in [1.165, 1.54) is 0 Å². The van der Waals surface area contributed by atoms with Crippen LogP contribution < -0.4 is 15.4 Å². The number of hydrogen-bond donors (Lipinski definition) is 2. The number of hydrogen-bond acceptors (Lipinski definition) is 6. The number of para-hydroxylation sites is 2. The van der Waals surface area contributed by atoms with Crippen molar-refractivity contribution in [2.45, 2.75) is 6.92 Å². The number of ether oxygens (including phenoxy) is 1. The third-order valence-electron chi connectivity index (χ3n) is 3.19. The Bertz CT molecular complexity index is 658. The van der Waals surface area contributed by atoms with Gasteiger partial charge in [-0.05, 0) is 45.3 Å². The Morgan fingerprint density at radius 1 is 1.17 bits per heavy atom. The molecule has 0 aliphatic heterocycles. The fourth-order valence-corrected chi connectivity index (χ4v) is 1.99. The van der Waals surface area contributed by atoms with Crippen LogP contribution in [0.2, 0.25) is 0 Å². The van der Waals surface area contributed by atoms with Gasteiger partial charge in [0.1, 0.15) is 5.75 Å². The van der Waals surface area contributed by atoms with Crippen LogP contribution in [0.5, 0.6) is 5.75 Å². The van der Waals surface area contributed by atoms with E-state index in [9.17, 15) is 4.79 Å². The molecule has 128 valence electrons. The standard InChI is InChI=1S/C17H23N5O2/c1-4-24-15-8-6-5-7-13(15)19-16-10-9-14(20-21-16)17(23)18-11-12-22(2)3/h5-10H,4,11-12H2,1-3H3,(H,18,23)(H,19,21). The molecule has 1 heterocycles. The van der Waals surface area contributed by atoms with Crippen molar-refractivity contribution >= 4 is 17.4 Å². The summed E-state index contributed by atoms with van der Waals surface area (Å²) >= 11 is 0. The summed E-state index contributed by atoms with van der Waals surface area (Å²) in [5.74, 6) is 1.06. The Hall–Kier alpha value is -2.67. The predicted molar refractivity (Wildman–Crippen MR) is 93.8 cm³/mol. The second-order valence-electron chi connectivity index (χ2n) is 5.42. The Morgan fingerprint density at radius 3 is 2.62 bits per heavy atom. The molecular formula is C17H23N5O2. The van der Waals surface area contributed by atoms with Gasteiger partial charge in [-0.3, -0.25) is 4.79 Å². The second kappa shape index (κ2) is 8.83. The van der Waals surface area contributed by atoms with Gasteiger partial charge in [0.25, 0.3) is 5.91 Å². The molecule has 7 heteroatoms. The number of aromatic nitrogens is 2. The van der Waals surface area contributed by atoms with Gasteiger partial charge in [0.15, 0.2) is 11.5 Å². The maximum absolute atomic E-state index is 12.0. The van der Waals surface area contributed by atoms with Gasteiger partial charge >= 0.3 is 0 Å². The van der Waals surface area contributed by atoms with E-state index in [-0.39, 0.29) is 11.6 Å². The molecule has 1 aromatic heterocycles. The van der Waals surface area contributed by atoms with Crippen molar-refractivity contribution in [2.75, 3.05) is 39.1 Å². The number of nitrogens with one attached hydrogen (secondary N) is 2. The Kier molecular flexibility index (Phi) is 6.51. The van der Waals surface area contributed by atoms with E-state index in [0.717, 1.165) is 18.0 Å². The summed E-state index contributed by atoms with van der Waals surface area (Å²) in [5.41, 5.74) is 1.09. The van der Waals surface area contributed by atoms with Crippen molar-refractivity contribution in [1.29, 1.82) is 0 Å². The smallest absolute Gasteiger partial charge is 0.271 e. The lowest BCUT2D eigenvalue weighted by atomic mass is 10.3. The molecule has 2 aromatic rings. The maximum atomic E-state index is 12.0. The molecule has 2 N–H and O–H groups in total. The van der Waals surface area contributed by atoms with Crippen LogP contribution in [0, 0.1) is 0 Å². The van der Waals surface area contributed by atoms with Crippen molar-refractivity contribution < 1.29 is 9.53 Å². The lowest BCUT2D eigenvalue weighted by Crippen LogP contribution is -2.31. The monoisotopic (exact) mass is 329 g/mol. The molecule has 0 saturated heterocycles. The fraction of sp³-hybridized carbons (Fsp3) is 0.353. The van der Waals surface area contributed by atoms with Gasteiger partial charge < -0.3 is 20.3 Å². The largest absolute Gasteiger partial charge is 0.492 e. The van der Waals surface area contributed by atoms with E-state index < -0.39 is 0 Å². The van der Waals surface area contributed by atoms with E-state index in [1.807, 2.05) is 50.2 Å². The van der Waals surface area contributed by atoms with E-state index in [4.69, 9.17) is 4.74 Å². The molecule has 0 unspecified atom stereocenters. The number of amides is 1. The molecule has 1 aromatic carbocycles. The van der Waals surface area contributed by atoms with Crippen molar-refractivity contribution in [2.24, 2.45) is 0 Å². The summed E-state index contributed by atoms with van der Waals surface area (Å²) in [6, 6.07) is 11.0. The number of carbonyl (C=O) groups excluding carboxylic acids is 1. The molecule has 0 aliphatic carbocycles. The van der Waals surface area contributed by atoms with Crippen LogP contribution in [0.4, 0.5) is 11.5 Å². The molecule has 2 rings (SSSR count). The Balaban J connectivity index is 1.98. The molecule has 0 bridgehead atoms. The summed E-state index contributed by atoms with van der Waals surface area (Å²) < 4.78 is 5.56. The molecule has 0 spiro atoms. The zero-order chi connectivity index (χ0) is 17.4. The highest BCUT2D eigenvalue weighted by Gasteiger charge is 2.09. The van der Waals surface area contributed by atoms with Crippen molar-refractivity contribution in [3.8, 4) is 5.75 Å². The zero-order valence-electron chi connectivity index (χ0n) is 14.2. The van der Waals surface area contributed by atoms with Crippen LogP contribution in [0.3, 0.4) is 0 Å². The molecular weight excluding hydrogens is 306 g/mol. The first-order valence-corrected chi connectivity index (χ1v) is 7.85.